The van der Waals surface area contributed by atoms with Crippen molar-refractivity contribution in [1.82, 2.24) is 0 Å². The molecule has 4 heavy (non-hydrogen) atoms. The molecule has 0 aliphatic carbocycles. The van der Waals surface area contributed by atoms with Crippen molar-refractivity contribution in [3.63, 3.8) is 0 Å². The average molecular weight is 58.1 g/mol. The van der Waals surface area contributed by atoms with Crippen LogP contribution in [-0.2, 0) is 4.79 Å². The highest BCUT2D eigenvalue weighted by molar-refractivity contribution is 5.77. The first-order valence-corrected chi connectivity index (χ1v) is 0.846. The molecule has 0 heterocycles. The third-order valence-electron chi connectivity index (χ3n) is 0. The second kappa shape index (κ2) is 0.875. The Labute approximate surface area is 24.6 Å². The van der Waals surface area contributed by atoms with Crippen LogP contribution >= 0.6 is 0 Å². The van der Waals surface area contributed by atoms with E-state index in [0.717, 1.165) is 0 Å². The molecule has 1 amide bonds. The number of carbonyl (C=O) groups excluding carboxylic acids is 1. The van der Waals surface area contributed by atoms with Gasteiger partial charge in [0.1, 0.15) is 0 Å². The zero-order valence-corrected chi connectivity index (χ0v) is 2.19. The minimum Gasteiger partial charge on any atom is -0.370 e. The van der Waals surface area contributed by atoms with E-state index in [1.54, 1.807) is 0 Å². The first-order chi connectivity index (χ1) is 1.73. The van der Waals surface area contributed by atoms with Crippen molar-refractivity contribution in [3.05, 3.63) is 6.92 Å². The standard InChI is InChI=1S/C2H4NO/c1-2(3)4/h1H2,(H2,3,4). The summed E-state index contributed by atoms with van der Waals surface area (Å²) >= 11 is 0. The van der Waals surface area contributed by atoms with Gasteiger partial charge in [-0.2, -0.15) is 0 Å². The molecule has 0 bridgehead atoms. The Morgan fingerprint density at radius 3 is 2.00 bits per heavy atom. The molecule has 0 aliphatic heterocycles. The molecule has 0 atom stereocenters. The minimum atomic E-state index is -0.583. The summed E-state index contributed by atoms with van der Waals surface area (Å²) in [7, 11) is 0. The van der Waals surface area contributed by atoms with Gasteiger partial charge in [0.05, 0.1) is 0 Å². The van der Waals surface area contributed by atoms with Crippen LogP contribution in [0.4, 0.5) is 0 Å². The molecule has 0 aromatic rings. The predicted octanol–water partition coefficient (Wildman–Crippen LogP) is -0.694. The Balaban J connectivity index is 2.80. The molecule has 0 saturated carbocycles. The molecule has 0 unspecified atom stereocenters. The Bertz CT molecular complexity index is 29.0. The molecule has 2 N–H and O–H groups in total. The zero-order chi connectivity index (χ0) is 3.58. The molecule has 1 radical (unpaired) electrons. The zero-order valence-electron chi connectivity index (χ0n) is 2.19. The van der Waals surface area contributed by atoms with E-state index in [9.17, 15) is 0 Å². The normalized spacial score (nSPS) is 6.25. The molecule has 2 nitrogen and oxygen atoms in total. The summed E-state index contributed by atoms with van der Waals surface area (Å²) in [6.07, 6.45) is 0. The average Bonchev–Trinajstić information content (AvgIpc) is 0.811. The Kier molecular flexibility index (Phi) is 0.759. The Morgan fingerprint density at radius 2 is 2.00 bits per heavy atom. The van der Waals surface area contributed by atoms with E-state index in [-0.39, 0.29) is 0 Å². The van der Waals surface area contributed by atoms with Gasteiger partial charge in [0, 0.05) is 6.92 Å². The van der Waals surface area contributed by atoms with Crippen molar-refractivity contribution in [2.45, 2.75) is 0 Å². The number of nitrogens with two attached hydrogens (primary N) is 1. The first-order valence-electron chi connectivity index (χ1n) is 0.846. The molecule has 0 saturated heterocycles. The summed E-state index contributed by atoms with van der Waals surface area (Å²) in [5, 5.41) is 0. The van der Waals surface area contributed by atoms with E-state index in [2.05, 4.69) is 12.7 Å². The summed E-state index contributed by atoms with van der Waals surface area (Å²) in [6.45, 7) is 2.78. The van der Waals surface area contributed by atoms with Gasteiger partial charge < -0.3 is 5.73 Å². The minimum absolute atomic E-state index is 0.583. The van der Waals surface area contributed by atoms with Crippen LogP contribution in [0.3, 0.4) is 0 Å². The molecule has 0 aliphatic rings. The van der Waals surface area contributed by atoms with Crippen LogP contribution in [0.1, 0.15) is 0 Å². The fourth-order valence-corrected chi connectivity index (χ4v) is 0. The molecule has 0 rings (SSSR count). The number of amides is 1. The van der Waals surface area contributed by atoms with E-state index >= 15 is 0 Å². The van der Waals surface area contributed by atoms with Crippen LogP contribution in [0.2, 0.25) is 0 Å². The molecular weight excluding hydrogens is 54.0 g/mol. The van der Waals surface area contributed by atoms with Crippen LogP contribution in [0, 0.1) is 6.92 Å². The number of carbonyl (C=O) groups is 1. The number of hydrogen-bond acceptors (Lipinski definition) is 1. The summed E-state index contributed by atoms with van der Waals surface area (Å²) in [6, 6.07) is 0. The van der Waals surface area contributed by atoms with Crippen molar-refractivity contribution in [2.75, 3.05) is 0 Å². The van der Waals surface area contributed by atoms with Gasteiger partial charge in [-0.3, -0.25) is 4.79 Å². The molecule has 2 heteroatoms. The van der Waals surface area contributed by atoms with E-state index in [0.29, 0.717) is 0 Å². The number of hydrogen-bond donors (Lipinski definition) is 1. The highest BCUT2D eigenvalue weighted by atomic mass is 16.1. The fraction of sp³-hybridized carbons (Fsp3) is 0. The van der Waals surface area contributed by atoms with Gasteiger partial charge in [0.15, 0.2) is 0 Å². The first kappa shape index (κ1) is 3.47. The lowest BCUT2D eigenvalue weighted by Gasteiger charge is -1.59. The molecule has 0 spiro atoms. The Morgan fingerprint density at radius 1 is 2.00 bits per heavy atom. The topological polar surface area (TPSA) is 43.1 Å². The van der Waals surface area contributed by atoms with E-state index in [4.69, 9.17) is 4.79 Å². The van der Waals surface area contributed by atoms with Crippen molar-refractivity contribution in [1.29, 1.82) is 0 Å². The van der Waals surface area contributed by atoms with Gasteiger partial charge in [-0.05, 0) is 0 Å². The Hall–Kier alpha value is -0.530. The lowest BCUT2D eigenvalue weighted by atomic mass is 10.8. The molecule has 0 aromatic carbocycles. The van der Waals surface area contributed by atoms with E-state index < -0.39 is 5.91 Å². The van der Waals surface area contributed by atoms with Crippen LogP contribution in [-0.4, -0.2) is 5.91 Å². The maximum absolute atomic E-state index is 9.11. The van der Waals surface area contributed by atoms with Gasteiger partial charge in [-0.15, -0.1) is 0 Å². The summed E-state index contributed by atoms with van der Waals surface area (Å²) in [5.41, 5.74) is 4.36. The maximum atomic E-state index is 9.11. The lowest BCUT2D eigenvalue weighted by molar-refractivity contribution is -0.113. The molecule has 23 valence electrons. The summed E-state index contributed by atoms with van der Waals surface area (Å²) < 4.78 is 0. The maximum Gasteiger partial charge on any atom is 0.217 e. The van der Waals surface area contributed by atoms with Gasteiger partial charge >= 0.3 is 0 Å². The smallest absolute Gasteiger partial charge is 0.217 e. The highest BCUT2D eigenvalue weighted by Gasteiger charge is 1.62. The summed E-state index contributed by atoms with van der Waals surface area (Å²) in [4.78, 5) is 9.11. The van der Waals surface area contributed by atoms with E-state index in [1.165, 1.54) is 0 Å². The quantitative estimate of drug-likeness (QED) is 0.393. The van der Waals surface area contributed by atoms with Gasteiger partial charge in [0.25, 0.3) is 0 Å². The van der Waals surface area contributed by atoms with E-state index in [1.807, 2.05) is 0 Å². The van der Waals surface area contributed by atoms with Crippen LogP contribution < -0.4 is 5.73 Å². The van der Waals surface area contributed by atoms with Gasteiger partial charge in [-0.25, -0.2) is 0 Å². The third-order valence-corrected chi connectivity index (χ3v) is 0. The van der Waals surface area contributed by atoms with Crippen molar-refractivity contribution in [3.8, 4) is 0 Å². The van der Waals surface area contributed by atoms with Crippen molar-refractivity contribution in [2.24, 2.45) is 5.73 Å². The lowest BCUT2D eigenvalue weighted by Crippen LogP contribution is -2.02. The predicted molar refractivity (Wildman–Crippen MR) is 14.6 cm³/mol. The SMILES string of the molecule is [CH2]C(N)=O. The second-order valence-corrected chi connectivity index (χ2v) is 0.466. The van der Waals surface area contributed by atoms with Gasteiger partial charge in [-0.1, -0.05) is 0 Å². The second-order valence-electron chi connectivity index (χ2n) is 0.466. The van der Waals surface area contributed by atoms with Crippen LogP contribution in [0.15, 0.2) is 0 Å². The number of rotatable bonds is 0. The van der Waals surface area contributed by atoms with Crippen molar-refractivity contribution < 1.29 is 4.79 Å². The molecular formula is C2H4NO. The highest BCUT2D eigenvalue weighted by Crippen LogP contribution is 1.31. The van der Waals surface area contributed by atoms with Crippen LogP contribution in [0.5, 0.6) is 0 Å². The third kappa shape index (κ3) is 1.16. The summed E-state index contributed by atoms with van der Waals surface area (Å²) in [5.74, 6) is -0.583. The van der Waals surface area contributed by atoms with Crippen molar-refractivity contribution >= 4 is 5.91 Å². The van der Waals surface area contributed by atoms with Crippen LogP contribution in [0.25, 0.3) is 0 Å². The molecule has 0 aromatic heterocycles. The molecule has 0 fully saturated rings. The monoisotopic (exact) mass is 58.0 g/mol. The largest absolute Gasteiger partial charge is 0.370 e. The fourth-order valence-electron chi connectivity index (χ4n) is 0. The van der Waals surface area contributed by atoms with Gasteiger partial charge in [0.2, 0.25) is 5.91 Å². The number of primary amides is 1.